The molecule has 3 aromatic rings. The van der Waals surface area contributed by atoms with Crippen molar-refractivity contribution in [2.75, 3.05) is 18.0 Å². The highest BCUT2D eigenvalue weighted by Crippen LogP contribution is 2.37. The molecule has 1 aliphatic heterocycles. The van der Waals surface area contributed by atoms with Gasteiger partial charge in [-0.15, -0.1) is 0 Å². The van der Waals surface area contributed by atoms with Crippen molar-refractivity contribution >= 4 is 51.9 Å². The number of aromatic amines is 1. The van der Waals surface area contributed by atoms with E-state index in [1.165, 1.54) is 0 Å². The highest BCUT2D eigenvalue weighted by Gasteiger charge is 2.27. The van der Waals surface area contributed by atoms with E-state index in [9.17, 15) is 0 Å². The summed E-state index contributed by atoms with van der Waals surface area (Å²) in [5.41, 5.74) is 2.53. The maximum Gasteiger partial charge on any atom is 0.205 e. The van der Waals surface area contributed by atoms with Crippen molar-refractivity contribution in [1.29, 1.82) is 0 Å². The third-order valence-electron chi connectivity index (χ3n) is 5.50. The summed E-state index contributed by atoms with van der Waals surface area (Å²) in [5.74, 6) is 1.58. The van der Waals surface area contributed by atoms with Crippen LogP contribution in [0.3, 0.4) is 0 Å². The molecule has 0 unspecified atom stereocenters. The van der Waals surface area contributed by atoms with Crippen LogP contribution in [0.15, 0.2) is 24.3 Å². The van der Waals surface area contributed by atoms with E-state index in [1.807, 2.05) is 12.1 Å². The quantitative estimate of drug-likeness (QED) is 0.488. The summed E-state index contributed by atoms with van der Waals surface area (Å²) in [5, 5.41) is 5.30. The molecule has 6 nitrogen and oxygen atoms in total. The molecule has 2 N–H and O–H groups in total. The van der Waals surface area contributed by atoms with Gasteiger partial charge in [-0.05, 0) is 49.9 Å². The number of hydrogen-bond acceptors (Lipinski definition) is 5. The number of fused-ring (bicyclic) bond motifs is 1. The molecule has 1 saturated carbocycles. The van der Waals surface area contributed by atoms with E-state index in [1.54, 1.807) is 12.1 Å². The van der Waals surface area contributed by atoms with Crippen LogP contribution in [0.2, 0.25) is 15.2 Å². The van der Waals surface area contributed by atoms with E-state index in [0.29, 0.717) is 33.4 Å². The van der Waals surface area contributed by atoms with E-state index in [-0.39, 0.29) is 6.10 Å². The number of hydrogen-bond donors (Lipinski definition) is 2. The number of pyridine rings is 1. The molecule has 1 atom stereocenters. The van der Waals surface area contributed by atoms with Gasteiger partial charge < -0.3 is 19.9 Å². The Morgan fingerprint density at radius 3 is 2.83 bits per heavy atom. The van der Waals surface area contributed by atoms with E-state index < -0.39 is 0 Å². The van der Waals surface area contributed by atoms with E-state index in [4.69, 9.17) is 39.5 Å². The molecule has 0 amide bonds. The third kappa shape index (κ3) is 4.47. The molecule has 158 valence electrons. The number of H-pyrrole nitrogens is 1. The lowest BCUT2D eigenvalue weighted by molar-refractivity contribution is 0.298. The standard InChI is InChI=1S/C21H22Cl3N5O/c22-13-8-12(19(16(23)9-13)30-15-3-4-15)10-25-14-2-1-7-29(11-14)21-26-17-5-6-18(24)27-20(17)28-21/h5-6,8-9,14-15,25H,1-4,7,10-11H2,(H,26,27,28)/t14-/m0/s1. The lowest BCUT2D eigenvalue weighted by Crippen LogP contribution is -2.46. The van der Waals surface area contributed by atoms with Gasteiger partial charge in [0.1, 0.15) is 10.9 Å². The molecular weight excluding hydrogens is 445 g/mol. The van der Waals surface area contributed by atoms with E-state index in [0.717, 1.165) is 61.6 Å². The van der Waals surface area contributed by atoms with Gasteiger partial charge in [-0.25, -0.2) is 4.98 Å². The van der Waals surface area contributed by atoms with Crippen molar-refractivity contribution in [2.45, 2.75) is 44.4 Å². The van der Waals surface area contributed by atoms with Crippen LogP contribution in [0.5, 0.6) is 5.75 Å². The zero-order valence-corrected chi connectivity index (χ0v) is 18.6. The summed E-state index contributed by atoms with van der Waals surface area (Å²) in [4.78, 5) is 14.5. The zero-order chi connectivity index (χ0) is 20.7. The molecule has 1 aromatic carbocycles. The van der Waals surface area contributed by atoms with Crippen molar-refractivity contribution in [3.63, 3.8) is 0 Å². The summed E-state index contributed by atoms with van der Waals surface area (Å²) in [6.45, 7) is 2.45. The van der Waals surface area contributed by atoms with E-state index >= 15 is 0 Å². The Hall–Kier alpha value is -1.73. The largest absolute Gasteiger partial charge is 0.489 e. The predicted octanol–water partition coefficient (Wildman–Crippen LogP) is 5.22. The number of nitrogens with zero attached hydrogens (tertiary/aromatic N) is 3. The number of piperidine rings is 1. The molecule has 5 rings (SSSR count). The Bertz CT molecular complexity index is 1070. The highest BCUT2D eigenvalue weighted by atomic mass is 35.5. The first-order valence-corrected chi connectivity index (χ1v) is 11.3. The second-order valence-corrected chi connectivity index (χ2v) is 9.16. The van der Waals surface area contributed by atoms with Gasteiger partial charge in [0.05, 0.1) is 16.6 Å². The molecule has 30 heavy (non-hydrogen) atoms. The molecule has 0 bridgehead atoms. The first-order valence-electron chi connectivity index (χ1n) is 10.2. The lowest BCUT2D eigenvalue weighted by Gasteiger charge is -2.33. The van der Waals surface area contributed by atoms with Crippen LogP contribution >= 0.6 is 34.8 Å². The summed E-state index contributed by atoms with van der Waals surface area (Å²) in [6, 6.07) is 7.67. The van der Waals surface area contributed by atoms with Gasteiger partial charge in [-0.3, -0.25) is 0 Å². The van der Waals surface area contributed by atoms with Crippen LogP contribution in [0.1, 0.15) is 31.2 Å². The molecule has 0 radical (unpaired) electrons. The minimum Gasteiger partial charge on any atom is -0.489 e. The topological polar surface area (TPSA) is 66.1 Å². The van der Waals surface area contributed by atoms with Gasteiger partial charge in [-0.1, -0.05) is 34.8 Å². The molecule has 9 heteroatoms. The third-order valence-corrected chi connectivity index (χ3v) is 6.21. The van der Waals surface area contributed by atoms with Crippen molar-refractivity contribution in [3.05, 3.63) is 45.0 Å². The fourth-order valence-electron chi connectivity index (χ4n) is 3.83. The Morgan fingerprint density at radius 2 is 2.00 bits per heavy atom. The zero-order valence-electron chi connectivity index (χ0n) is 16.3. The van der Waals surface area contributed by atoms with Crippen LogP contribution in [0, 0.1) is 0 Å². The fourth-order valence-corrected chi connectivity index (χ4v) is 4.55. The highest BCUT2D eigenvalue weighted by molar-refractivity contribution is 6.35. The van der Waals surface area contributed by atoms with Crippen molar-refractivity contribution in [3.8, 4) is 5.75 Å². The fraction of sp³-hybridized carbons (Fsp3) is 0.429. The number of nitrogens with one attached hydrogen (secondary N) is 2. The van der Waals surface area contributed by atoms with Gasteiger partial charge in [-0.2, -0.15) is 4.98 Å². The number of rotatable bonds is 6. The molecule has 1 aliphatic carbocycles. The van der Waals surface area contributed by atoms with Crippen LogP contribution in [0.25, 0.3) is 11.2 Å². The van der Waals surface area contributed by atoms with Crippen molar-refractivity contribution in [1.82, 2.24) is 20.3 Å². The average molecular weight is 467 g/mol. The molecule has 3 heterocycles. The monoisotopic (exact) mass is 465 g/mol. The SMILES string of the molecule is Clc1cc(Cl)c(OC2CC2)c(CN[C@H]2CCCN(c3nc4nc(Cl)ccc4[nH]3)C2)c1. The Balaban J connectivity index is 1.28. The van der Waals surface area contributed by atoms with Crippen molar-refractivity contribution in [2.24, 2.45) is 0 Å². The number of imidazole rings is 1. The normalized spacial score (nSPS) is 19.4. The average Bonchev–Trinajstić information content (AvgIpc) is 3.45. The first kappa shape index (κ1) is 20.2. The second kappa shape index (κ2) is 8.42. The minimum absolute atomic E-state index is 0.280. The van der Waals surface area contributed by atoms with Crippen LogP contribution in [0.4, 0.5) is 5.95 Å². The number of ether oxygens (including phenoxy) is 1. The van der Waals surface area contributed by atoms with Crippen molar-refractivity contribution < 1.29 is 4.74 Å². The summed E-state index contributed by atoms with van der Waals surface area (Å²) in [7, 11) is 0. The molecule has 1 saturated heterocycles. The summed E-state index contributed by atoms with van der Waals surface area (Å²) in [6.07, 6.45) is 4.61. The predicted molar refractivity (Wildman–Crippen MR) is 121 cm³/mol. The van der Waals surface area contributed by atoms with E-state index in [2.05, 4.69) is 25.2 Å². The number of halogens is 3. The first-order chi connectivity index (χ1) is 14.5. The Morgan fingerprint density at radius 1 is 1.13 bits per heavy atom. The maximum absolute atomic E-state index is 6.41. The Labute approximate surface area is 189 Å². The second-order valence-electron chi connectivity index (χ2n) is 7.92. The summed E-state index contributed by atoms with van der Waals surface area (Å²) >= 11 is 18.6. The molecule has 2 aromatic heterocycles. The van der Waals surface area contributed by atoms with Gasteiger partial charge in [0.25, 0.3) is 0 Å². The molecule has 2 aliphatic rings. The lowest BCUT2D eigenvalue weighted by atomic mass is 10.1. The maximum atomic E-state index is 6.41. The van der Waals surface area contributed by atoms with Crippen LogP contribution in [-0.4, -0.2) is 40.2 Å². The van der Waals surface area contributed by atoms with Crippen LogP contribution in [-0.2, 0) is 6.54 Å². The smallest absolute Gasteiger partial charge is 0.205 e. The van der Waals surface area contributed by atoms with Crippen LogP contribution < -0.4 is 15.0 Å². The Kier molecular flexibility index (Phi) is 5.67. The van der Waals surface area contributed by atoms with Gasteiger partial charge in [0.15, 0.2) is 5.65 Å². The number of benzene rings is 1. The molecular formula is C21H22Cl3N5O. The molecule has 2 fully saturated rings. The van der Waals surface area contributed by atoms with Gasteiger partial charge in [0, 0.05) is 36.3 Å². The van der Waals surface area contributed by atoms with Gasteiger partial charge >= 0.3 is 0 Å². The minimum atomic E-state index is 0.280. The van der Waals surface area contributed by atoms with Gasteiger partial charge in [0.2, 0.25) is 5.95 Å². The molecule has 0 spiro atoms. The number of anilines is 1. The number of aromatic nitrogens is 3. The summed E-state index contributed by atoms with van der Waals surface area (Å²) < 4.78 is 6.04.